The zero-order chi connectivity index (χ0) is 29.5. The number of hydrogen-bond donors (Lipinski definition) is 5. The molecule has 0 aliphatic heterocycles. The Labute approximate surface area is 244 Å². The van der Waals surface area contributed by atoms with Gasteiger partial charge in [0.2, 0.25) is 0 Å². The van der Waals surface area contributed by atoms with E-state index in [0.717, 1.165) is 17.8 Å². The molecule has 0 aromatic rings. The van der Waals surface area contributed by atoms with E-state index in [4.69, 9.17) is 5.11 Å². The molecule has 40 heavy (non-hydrogen) atoms. The van der Waals surface area contributed by atoms with Gasteiger partial charge in [0, 0.05) is 0 Å². The van der Waals surface area contributed by atoms with Crippen molar-refractivity contribution in [2.45, 2.75) is 150 Å². The molecule has 5 fully saturated rings. The highest BCUT2D eigenvalue weighted by molar-refractivity contribution is 5.19. The number of hydrogen-bond acceptors (Lipinski definition) is 5. The Bertz CT molecular complexity index is 921. The average molecular weight is 563 g/mol. The van der Waals surface area contributed by atoms with Crippen LogP contribution in [0.2, 0.25) is 0 Å². The molecule has 0 heterocycles. The van der Waals surface area contributed by atoms with Crippen molar-refractivity contribution in [2.75, 3.05) is 6.61 Å². The van der Waals surface area contributed by atoms with Crippen LogP contribution in [0.15, 0.2) is 0 Å². The van der Waals surface area contributed by atoms with E-state index in [1.807, 2.05) is 0 Å². The van der Waals surface area contributed by atoms with E-state index < -0.39 is 31.0 Å². The fourth-order valence-corrected chi connectivity index (χ4v) is 13.3. The molecule has 0 radical (unpaired) electrons. The molecule has 5 N–H and O–H groups in total. The van der Waals surface area contributed by atoms with Crippen molar-refractivity contribution in [2.24, 2.45) is 62.6 Å². The molecule has 10 unspecified atom stereocenters. The molecule has 5 nitrogen and oxygen atoms in total. The van der Waals surface area contributed by atoms with Crippen molar-refractivity contribution in [1.29, 1.82) is 0 Å². The molecular weight excluding hydrogens is 500 g/mol. The van der Waals surface area contributed by atoms with Crippen LogP contribution in [-0.2, 0) is 0 Å². The van der Waals surface area contributed by atoms with E-state index in [0.29, 0.717) is 45.3 Å². The number of rotatable bonds is 7. The van der Waals surface area contributed by atoms with E-state index >= 15 is 0 Å². The van der Waals surface area contributed by atoms with Crippen molar-refractivity contribution in [3.63, 3.8) is 0 Å². The molecule has 0 spiro atoms. The molecule has 0 saturated heterocycles. The van der Waals surface area contributed by atoms with Crippen LogP contribution in [-0.4, -0.2) is 56.6 Å². The average Bonchev–Trinajstić information content (AvgIpc) is 3.24. The Balaban J connectivity index is 1.34. The molecule has 0 amide bonds. The molecule has 0 aromatic heterocycles. The van der Waals surface area contributed by atoms with Crippen LogP contribution < -0.4 is 0 Å². The number of aliphatic hydroxyl groups excluding tert-OH is 5. The van der Waals surface area contributed by atoms with Crippen LogP contribution in [0.5, 0.6) is 0 Å². The standard InChI is InChI=1S/C35H62O5/c1-21(19-24(37)29(39)30(40)25(38)20-36)22-11-16-32(4)23(22)12-17-34(6)27(32)9-10-28-33(5)15-8-14-31(2,3)26(33)13-18-35(28,34)7/h21-30,36-40H,8-20H2,1-7H3/t21?,22?,23?,24-,25?,26?,27?,28?,29+,30?,32?,33-,34?,35+/m0/s1. The summed E-state index contributed by atoms with van der Waals surface area (Å²) in [5.74, 6) is 3.80. The van der Waals surface area contributed by atoms with Crippen molar-refractivity contribution in [3.05, 3.63) is 0 Å². The summed E-state index contributed by atoms with van der Waals surface area (Å²) in [5.41, 5.74) is 2.03. The monoisotopic (exact) mass is 562 g/mol. The Morgan fingerprint density at radius 2 is 1.20 bits per heavy atom. The van der Waals surface area contributed by atoms with E-state index in [1.54, 1.807) is 0 Å². The van der Waals surface area contributed by atoms with Gasteiger partial charge in [0.1, 0.15) is 18.3 Å². The van der Waals surface area contributed by atoms with Crippen LogP contribution in [0.25, 0.3) is 0 Å². The minimum absolute atomic E-state index is 0.227. The lowest BCUT2D eigenvalue weighted by molar-refractivity contribution is -0.241. The van der Waals surface area contributed by atoms with Crippen LogP contribution in [0.4, 0.5) is 0 Å². The highest BCUT2D eigenvalue weighted by Crippen LogP contribution is 2.78. The molecule has 5 rings (SSSR count). The topological polar surface area (TPSA) is 101 Å². The summed E-state index contributed by atoms with van der Waals surface area (Å²) in [4.78, 5) is 0. The fourth-order valence-electron chi connectivity index (χ4n) is 13.3. The number of fused-ring (bicyclic) bond motifs is 7. The van der Waals surface area contributed by atoms with Crippen LogP contribution in [0.3, 0.4) is 0 Å². The molecule has 0 aromatic carbocycles. The van der Waals surface area contributed by atoms with Crippen molar-refractivity contribution in [3.8, 4) is 0 Å². The van der Waals surface area contributed by atoms with Crippen LogP contribution in [0.1, 0.15) is 126 Å². The first-order chi connectivity index (χ1) is 18.6. The lowest BCUT2D eigenvalue weighted by atomic mass is 9.32. The van der Waals surface area contributed by atoms with E-state index in [9.17, 15) is 20.4 Å². The van der Waals surface area contributed by atoms with Gasteiger partial charge in [-0.05, 0) is 133 Å². The fraction of sp³-hybridized carbons (Fsp3) is 1.00. The summed E-state index contributed by atoms with van der Waals surface area (Å²) in [7, 11) is 0. The Morgan fingerprint density at radius 1 is 0.625 bits per heavy atom. The first-order valence-electron chi connectivity index (χ1n) is 16.9. The second-order valence-corrected chi connectivity index (χ2v) is 17.3. The zero-order valence-electron chi connectivity index (χ0n) is 26.7. The van der Waals surface area contributed by atoms with E-state index in [2.05, 4.69) is 48.5 Å². The van der Waals surface area contributed by atoms with E-state index in [-0.39, 0.29) is 5.92 Å². The maximum absolute atomic E-state index is 10.8. The normalized spacial score (nSPS) is 50.0. The molecule has 0 bridgehead atoms. The molecular formula is C35H62O5. The SMILES string of the molecule is CC(C[C@H](O)[C@@H](O)C(O)C(O)CO)C1CCC2(C)C1CCC1(C)C2CCC2[C@@]3(C)CCCC(C)(C)C3CC[C@]21C. The predicted molar refractivity (Wildman–Crippen MR) is 159 cm³/mol. The maximum atomic E-state index is 10.8. The molecule has 5 aliphatic rings. The third kappa shape index (κ3) is 4.41. The number of aliphatic hydroxyl groups is 5. The summed E-state index contributed by atoms with van der Waals surface area (Å²) >= 11 is 0. The largest absolute Gasteiger partial charge is 0.394 e. The minimum atomic E-state index is -1.54. The smallest absolute Gasteiger partial charge is 0.110 e. The predicted octanol–water partition coefficient (Wildman–Crippen LogP) is 5.94. The molecule has 14 atom stereocenters. The Hall–Kier alpha value is -0.200. The zero-order valence-corrected chi connectivity index (χ0v) is 26.7. The minimum Gasteiger partial charge on any atom is -0.394 e. The highest BCUT2D eigenvalue weighted by atomic mass is 16.4. The van der Waals surface area contributed by atoms with Gasteiger partial charge in [-0.25, -0.2) is 0 Å². The van der Waals surface area contributed by atoms with Gasteiger partial charge in [0.25, 0.3) is 0 Å². The second-order valence-electron chi connectivity index (χ2n) is 17.3. The summed E-state index contributed by atoms with van der Waals surface area (Å²) in [6.07, 6.45) is 9.59. The summed E-state index contributed by atoms with van der Waals surface area (Å²) in [6, 6.07) is 0. The molecule has 5 heteroatoms. The van der Waals surface area contributed by atoms with Gasteiger partial charge in [-0.2, -0.15) is 0 Å². The second kappa shape index (κ2) is 10.5. The summed E-state index contributed by atoms with van der Waals surface area (Å²) in [5, 5.41) is 50.3. The van der Waals surface area contributed by atoms with Crippen molar-refractivity contribution < 1.29 is 25.5 Å². The van der Waals surface area contributed by atoms with Gasteiger partial charge in [-0.3, -0.25) is 0 Å². The molecule has 5 aliphatic carbocycles. The molecule has 5 saturated carbocycles. The van der Waals surface area contributed by atoms with Gasteiger partial charge in [-0.1, -0.05) is 54.9 Å². The first-order valence-corrected chi connectivity index (χ1v) is 16.9. The first kappa shape index (κ1) is 31.2. The van der Waals surface area contributed by atoms with Crippen LogP contribution in [0, 0.1) is 62.6 Å². The Kier molecular flexibility index (Phi) is 8.17. The lowest BCUT2D eigenvalue weighted by Crippen LogP contribution is -2.65. The van der Waals surface area contributed by atoms with Gasteiger partial charge >= 0.3 is 0 Å². The van der Waals surface area contributed by atoms with Gasteiger partial charge in [-0.15, -0.1) is 0 Å². The van der Waals surface area contributed by atoms with Gasteiger partial charge in [0.05, 0.1) is 12.7 Å². The Morgan fingerprint density at radius 3 is 1.82 bits per heavy atom. The quantitative estimate of drug-likeness (QED) is 0.264. The third-order valence-corrected chi connectivity index (χ3v) is 15.4. The van der Waals surface area contributed by atoms with Crippen LogP contribution >= 0.6 is 0 Å². The maximum Gasteiger partial charge on any atom is 0.110 e. The van der Waals surface area contributed by atoms with Gasteiger partial charge < -0.3 is 25.5 Å². The third-order valence-electron chi connectivity index (χ3n) is 15.4. The van der Waals surface area contributed by atoms with Crippen molar-refractivity contribution >= 4 is 0 Å². The highest BCUT2D eigenvalue weighted by Gasteiger charge is 2.70. The summed E-state index contributed by atoms with van der Waals surface area (Å²) < 4.78 is 0. The van der Waals surface area contributed by atoms with E-state index in [1.165, 1.54) is 70.6 Å². The van der Waals surface area contributed by atoms with Crippen molar-refractivity contribution in [1.82, 2.24) is 0 Å². The lowest BCUT2D eigenvalue weighted by Gasteiger charge is -2.73. The summed E-state index contributed by atoms with van der Waals surface area (Å²) in [6.45, 7) is 17.4. The molecule has 232 valence electrons. The van der Waals surface area contributed by atoms with Gasteiger partial charge in [0.15, 0.2) is 0 Å².